The molecule has 0 radical (unpaired) electrons. The Morgan fingerprint density at radius 1 is 1.40 bits per heavy atom. The summed E-state index contributed by atoms with van der Waals surface area (Å²) < 4.78 is 29.4. The van der Waals surface area contributed by atoms with E-state index in [-0.39, 0.29) is 17.7 Å². The summed E-state index contributed by atoms with van der Waals surface area (Å²) in [4.78, 5) is 13.6. The fourth-order valence-corrected chi connectivity index (χ4v) is 2.45. The summed E-state index contributed by atoms with van der Waals surface area (Å²) in [5.74, 6) is 0.0699. The van der Waals surface area contributed by atoms with Crippen molar-refractivity contribution in [2.45, 2.75) is 38.6 Å². The van der Waals surface area contributed by atoms with Crippen LogP contribution in [0, 0.1) is 0 Å². The lowest BCUT2D eigenvalue weighted by Crippen LogP contribution is -2.28. The van der Waals surface area contributed by atoms with Crippen LogP contribution in [0.5, 0.6) is 5.75 Å². The van der Waals surface area contributed by atoms with Crippen LogP contribution in [0.2, 0.25) is 0 Å². The Hall–Kier alpha value is -1.69. The van der Waals surface area contributed by atoms with E-state index in [1.54, 1.807) is 25.2 Å². The summed E-state index contributed by atoms with van der Waals surface area (Å²) >= 11 is 0. The number of amides is 1. The number of halogens is 2. The standard InChI is InChI=1S/C14H18F2N2O2/c1-3-6-10-13(19)18(2)12(17-10)9-7-4-5-8-11(9)20-14(15)16/h4-5,7-8,10,12,14,17H,3,6H2,1-2H3. The maximum Gasteiger partial charge on any atom is 0.387 e. The van der Waals surface area contributed by atoms with Gasteiger partial charge in [0.15, 0.2) is 0 Å². The van der Waals surface area contributed by atoms with Crippen molar-refractivity contribution in [2.24, 2.45) is 0 Å². The van der Waals surface area contributed by atoms with Crippen LogP contribution >= 0.6 is 0 Å². The predicted octanol–water partition coefficient (Wildman–Crippen LogP) is 2.52. The molecule has 1 aliphatic rings. The molecule has 110 valence electrons. The van der Waals surface area contributed by atoms with E-state index in [1.165, 1.54) is 11.0 Å². The number of benzene rings is 1. The van der Waals surface area contributed by atoms with Gasteiger partial charge >= 0.3 is 6.61 Å². The van der Waals surface area contributed by atoms with Gasteiger partial charge in [-0.25, -0.2) is 0 Å². The lowest BCUT2D eigenvalue weighted by Gasteiger charge is -2.22. The monoisotopic (exact) mass is 284 g/mol. The van der Waals surface area contributed by atoms with E-state index in [2.05, 4.69) is 10.1 Å². The van der Waals surface area contributed by atoms with Crippen LogP contribution in [0.25, 0.3) is 0 Å². The number of carbonyl (C=O) groups excluding carboxylic acids is 1. The van der Waals surface area contributed by atoms with Crippen molar-refractivity contribution in [3.8, 4) is 5.75 Å². The maximum atomic E-state index is 12.4. The van der Waals surface area contributed by atoms with Crippen molar-refractivity contribution in [2.75, 3.05) is 7.05 Å². The average molecular weight is 284 g/mol. The topological polar surface area (TPSA) is 41.6 Å². The smallest absolute Gasteiger partial charge is 0.387 e. The second-order valence-corrected chi connectivity index (χ2v) is 4.78. The van der Waals surface area contributed by atoms with Gasteiger partial charge in [-0.05, 0) is 12.5 Å². The summed E-state index contributed by atoms with van der Waals surface area (Å²) in [7, 11) is 1.66. The molecule has 2 rings (SSSR count). The van der Waals surface area contributed by atoms with Crippen molar-refractivity contribution >= 4 is 5.91 Å². The fourth-order valence-electron chi connectivity index (χ4n) is 2.45. The Bertz CT molecular complexity index is 482. The van der Waals surface area contributed by atoms with Gasteiger partial charge in [-0.3, -0.25) is 10.1 Å². The Kier molecular flexibility index (Phi) is 4.54. The van der Waals surface area contributed by atoms with Gasteiger partial charge in [0, 0.05) is 12.6 Å². The molecule has 1 aromatic carbocycles. The van der Waals surface area contributed by atoms with Gasteiger partial charge in [0.05, 0.1) is 6.04 Å². The Morgan fingerprint density at radius 2 is 2.10 bits per heavy atom. The number of ether oxygens (including phenoxy) is 1. The Balaban J connectivity index is 2.25. The SMILES string of the molecule is CCCC1NC(c2ccccc2OC(F)F)N(C)C1=O. The molecule has 6 heteroatoms. The number of alkyl halides is 2. The Morgan fingerprint density at radius 3 is 2.75 bits per heavy atom. The van der Waals surface area contributed by atoms with Gasteiger partial charge in [-0.2, -0.15) is 8.78 Å². The molecule has 0 bridgehead atoms. The number of rotatable bonds is 5. The molecule has 4 nitrogen and oxygen atoms in total. The second-order valence-electron chi connectivity index (χ2n) is 4.78. The van der Waals surface area contributed by atoms with Gasteiger partial charge in [0.2, 0.25) is 5.91 Å². The first-order chi connectivity index (χ1) is 9.54. The summed E-state index contributed by atoms with van der Waals surface area (Å²) in [6, 6.07) is 6.26. The van der Waals surface area contributed by atoms with Crippen LogP contribution in [0.3, 0.4) is 0 Å². The van der Waals surface area contributed by atoms with E-state index >= 15 is 0 Å². The van der Waals surface area contributed by atoms with Crippen LogP contribution in [0.1, 0.15) is 31.5 Å². The van der Waals surface area contributed by atoms with Crippen molar-refractivity contribution in [3.05, 3.63) is 29.8 Å². The molecule has 1 saturated heterocycles. The lowest BCUT2D eigenvalue weighted by molar-refractivity contribution is -0.128. The van der Waals surface area contributed by atoms with E-state index < -0.39 is 12.8 Å². The molecule has 2 atom stereocenters. The van der Waals surface area contributed by atoms with Crippen LogP contribution in [-0.4, -0.2) is 30.5 Å². The van der Waals surface area contributed by atoms with E-state index in [4.69, 9.17) is 0 Å². The van der Waals surface area contributed by atoms with E-state index in [1.807, 2.05) is 6.92 Å². The van der Waals surface area contributed by atoms with Crippen molar-refractivity contribution in [1.29, 1.82) is 0 Å². The van der Waals surface area contributed by atoms with Gasteiger partial charge in [0.25, 0.3) is 0 Å². The molecule has 0 aliphatic carbocycles. The largest absolute Gasteiger partial charge is 0.434 e. The second kappa shape index (κ2) is 6.17. The summed E-state index contributed by atoms with van der Waals surface area (Å²) in [5, 5.41) is 3.17. The number of likely N-dealkylation sites (N-methyl/N-ethyl adjacent to an activating group) is 1. The molecule has 1 heterocycles. The van der Waals surface area contributed by atoms with Crippen LogP contribution in [0.4, 0.5) is 8.78 Å². The Labute approximate surface area is 116 Å². The van der Waals surface area contributed by atoms with Crippen molar-refractivity contribution in [3.63, 3.8) is 0 Å². The number of carbonyl (C=O) groups is 1. The first-order valence-corrected chi connectivity index (χ1v) is 6.61. The molecule has 1 fully saturated rings. The quantitative estimate of drug-likeness (QED) is 0.903. The molecular formula is C14H18F2N2O2. The lowest BCUT2D eigenvalue weighted by atomic mass is 10.1. The van der Waals surface area contributed by atoms with Crippen molar-refractivity contribution in [1.82, 2.24) is 10.2 Å². The molecule has 1 amide bonds. The minimum absolute atomic E-state index is 0.0244. The third-order valence-electron chi connectivity index (χ3n) is 3.40. The zero-order chi connectivity index (χ0) is 14.7. The molecule has 1 aromatic rings. The summed E-state index contributed by atoms with van der Waals surface area (Å²) in [6.45, 7) is -0.888. The van der Waals surface area contributed by atoms with Gasteiger partial charge < -0.3 is 9.64 Å². The fraction of sp³-hybridized carbons (Fsp3) is 0.500. The zero-order valence-electron chi connectivity index (χ0n) is 11.5. The summed E-state index contributed by atoms with van der Waals surface area (Å²) in [5.41, 5.74) is 0.544. The first kappa shape index (κ1) is 14.7. The summed E-state index contributed by atoms with van der Waals surface area (Å²) in [6.07, 6.45) is 1.16. The van der Waals surface area contributed by atoms with Gasteiger partial charge in [0.1, 0.15) is 11.9 Å². The number of nitrogens with one attached hydrogen (secondary N) is 1. The third-order valence-corrected chi connectivity index (χ3v) is 3.40. The van der Waals surface area contributed by atoms with Crippen molar-refractivity contribution < 1.29 is 18.3 Å². The maximum absolute atomic E-state index is 12.4. The number of hydrogen-bond donors (Lipinski definition) is 1. The first-order valence-electron chi connectivity index (χ1n) is 6.61. The van der Waals surface area contributed by atoms with Gasteiger partial charge in [-0.15, -0.1) is 0 Å². The third kappa shape index (κ3) is 2.90. The van der Waals surface area contributed by atoms with Gasteiger partial charge in [-0.1, -0.05) is 31.5 Å². The molecule has 1 aliphatic heterocycles. The molecule has 20 heavy (non-hydrogen) atoms. The molecule has 1 N–H and O–H groups in total. The highest BCUT2D eigenvalue weighted by molar-refractivity contribution is 5.84. The van der Waals surface area contributed by atoms with E-state index in [9.17, 15) is 13.6 Å². The molecule has 2 unspecified atom stereocenters. The number of para-hydroxylation sites is 1. The normalized spacial score (nSPS) is 22.6. The highest BCUT2D eigenvalue weighted by atomic mass is 19.3. The number of nitrogens with zero attached hydrogens (tertiary/aromatic N) is 1. The zero-order valence-corrected chi connectivity index (χ0v) is 11.5. The molecule has 0 saturated carbocycles. The number of hydrogen-bond acceptors (Lipinski definition) is 3. The average Bonchev–Trinajstić information content (AvgIpc) is 2.68. The van der Waals surface area contributed by atoms with E-state index in [0.29, 0.717) is 5.56 Å². The van der Waals surface area contributed by atoms with Crippen LogP contribution < -0.4 is 10.1 Å². The molecular weight excluding hydrogens is 266 g/mol. The minimum atomic E-state index is -2.88. The highest BCUT2D eigenvalue weighted by Crippen LogP contribution is 2.32. The molecule has 0 aromatic heterocycles. The van der Waals surface area contributed by atoms with Crippen LogP contribution in [-0.2, 0) is 4.79 Å². The van der Waals surface area contributed by atoms with E-state index in [0.717, 1.165) is 12.8 Å². The molecule has 0 spiro atoms. The highest BCUT2D eigenvalue weighted by Gasteiger charge is 2.37. The minimum Gasteiger partial charge on any atom is -0.434 e. The van der Waals surface area contributed by atoms with Crippen LogP contribution in [0.15, 0.2) is 24.3 Å². The predicted molar refractivity (Wildman–Crippen MR) is 70.4 cm³/mol.